The maximum atomic E-state index is 6.16. The Bertz CT molecular complexity index is 587. The number of hydrogen-bond acceptors (Lipinski definition) is 1. The van der Waals surface area contributed by atoms with Gasteiger partial charge in [0.15, 0.2) is 0 Å². The van der Waals surface area contributed by atoms with Crippen LogP contribution in [-0.4, -0.2) is 0 Å². The van der Waals surface area contributed by atoms with E-state index in [-0.39, 0.29) is 0 Å². The van der Waals surface area contributed by atoms with E-state index in [2.05, 4.69) is 15.9 Å². The van der Waals surface area contributed by atoms with Gasteiger partial charge in [0.2, 0.25) is 0 Å². The summed E-state index contributed by atoms with van der Waals surface area (Å²) in [5.41, 5.74) is 1.82. The molecule has 100 valence electrons. The molecular weight excluding hydrogens is 370 g/mol. The van der Waals surface area contributed by atoms with Crippen LogP contribution in [0.1, 0.15) is 11.1 Å². The van der Waals surface area contributed by atoms with E-state index in [0.29, 0.717) is 32.8 Å². The third-order valence-electron chi connectivity index (χ3n) is 2.56. The Balaban J connectivity index is 2.22. The lowest BCUT2D eigenvalue weighted by Gasteiger charge is -2.13. The molecule has 0 heterocycles. The average Bonchev–Trinajstić information content (AvgIpc) is 2.38. The van der Waals surface area contributed by atoms with Crippen LogP contribution in [0.3, 0.4) is 0 Å². The fourth-order valence-corrected chi connectivity index (χ4v) is 2.84. The van der Waals surface area contributed by atoms with Crippen LogP contribution < -0.4 is 4.74 Å². The van der Waals surface area contributed by atoms with E-state index in [1.807, 2.05) is 30.3 Å². The van der Waals surface area contributed by atoms with Crippen LogP contribution in [0.15, 0.2) is 36.4 Å². The van der Waals surface area contributed by atoms with Gasteiger partial charge in [0.1, 0.15) is 12.4 Å². The molecular formula is C14H10BrCl3O. The molecule has 1 nitrogen and oxygen atoms in total. The van der Waals surface area contributed by atoms with Gasteiger partial charge >= 0.3 is 0 Å². The van der Waals surface area contributed by atoms with E-state index in [0.717, 1.165) is 11.1 Å². The highest BCUT2D eigenvalue weighted by Crippen LogP contribution is 2.34. The van der Waals surface area contributed by atoms with Crippen LogP contribution in [0.4, 0.5) is 0 Å². The Morgan fingerprint density at radius 1 is 0.947 bits per heavy atom. The summed E-state index contributed by atoms with van der Waals surface area (Å²) in [6, 6.07) is 11.0. The predicted molar refractivity (Wildman–Crippen MR) is 84.9 cm³/mol. The average molecular weight is 380 g/mol. The van der Waals surface area contributed by atoms with Gasteiger partial charge in [-0.1, -0.05) is 68.9 Å². The Labute approximate surface area is 135 Å². The molecule has 0 aliphatic carbocycles. The number of halogens is 4. The van der Waals surface area contributed by atoms with Gasteiger partial charge in [-0.05, 0) is 18.2 Å². The molecule has 2 aromatic rings. The molecule has 0 atom stereocenters. The normalized spacial score (nSPS) is 10.5. The molecule has 0 unspecified atom stereocenters. The van der Waals surface area contributed by atoms with Crippen molar-refractivity contribution in [1.82, 2.24) is 0 Å². The van der Waals surface area contributed by atoms with Crippen LogP contribution in [0.25, 0.3) is 0 Å². The molecule has 0 N–H and O–H groups in total. The lowest BCUT2D eigenvalue weighted by molar-refractivity contribution is 0.304. The minimum atomic E-state index is 0.362. The van der Waals surface area contributed by atoms with Gasteiger partial charge in [0, 0.05) is 26.5 Å². The summed E-state index contributed by atoms with van der Waals surface area (Å²) in [4.78, 5) is 0. The van der Waals surface area contributed by atoms with Crippen molar-refractivity contribution < 1.29 is 4.74 Å². The van der Waals surface area contributed by atoms with E-state index in [9.17, 15) is 0 Å². The van der Waals surface area contributed by atoms with Crippen LogP contribution in [-0.2, 0) is 11.9 Å². The topological polar surface area (TPSA) is 9.23 Å². The maximum absolute atomic E-state index is 6.16. The van der Waals surface area contributed by atoms with Crippen LogP contribution in [0.5, 0.6) is 5.75 Å². The first kappa shape index (κ1) is 15.0. The number of rotatable bonds is 4. The Kier molecular flexibility index (Phi) is 5.40. The van der Waals surface area contributed by atoms with Gasteiger partial charge < -0.3 is 4.74 Å². The minimum absolute atomic E-state index is 0.362. The quantitative estimate of drug-likeness (QED) is 0.581. The molecule has 2 aromatic carbocycles. The molecule has 0 aliphatic heterocycles. The third kappa shape index (κ3) is 3.79. The Morgan fingerprint density at radius 2 is 1.68 bits per heavy atom. The second-order valence-corrected chi connectivity index (χ2v) is 5.70. The van der Waals surface area contributed by atoms with E-state index in [4.69, 9.17) is 39.5 Å². The van der Waals surface area contributed by atoms with Crippen LogP contribution in [0, 0.1) is 0 Å². The van der Waals surface area contributed by atoms with Crippen molar-refractivity contribution in [2.24, 2.45) is 0 Å². The monoisotopic (exact) mass is 378 g/mol. The largest absolute Gasteiger partial charge is 0.487 e. The second kappa shape index (κ2) is 6.85. The molecule has 0 aliphatic rings. The van der Waals surface area contributed by atoms with Crippen LogP contribution in [0.2, 0.25) is 15.1 Å². The smallest absolute Gasteiger partial charge is 0.142 e. The molecule has 2 rings (SSSR count). The van der Waals surface area contributed by atoms with Crippen molar-refractivity contribution >= 4 is 50.7 Å². The highest BCUT2D eigenvalue weighted by atomic mass is 79.9. The van der Waals surface area contributed by atoms with E-state index < -0.39 is 0 Å². The highest BCUT2D eigenvalue weighted by Gasteiger charge is 2.11. The highest BCUT2D eigenvalue weighted by molar-refractivity contribution is 9.08. The molecule has 0 radical (unpaired) electrons. The lowest BCUT2D eigenvalue weighted by Crippen LogP contribution is -1.99. The van der Waals surface area contributed by atoms with Crippen molar-refractivity contribution in [2.45, 2.75) is 11.9 Å². The van der Waals surface area contributed by atoms with Crippen molar-refractivity contribution in [3.05, 3.63) is 62.6 Å². The van der Waals surface area contributed by atoms with Crippen LogP contribution >= 0.6 is 50.7 Å². The van der Waals surface area contributed by atoms with Gasteiger partial charge in [0.25, 0.3) is 0 Å². The van der Waals surface area contributed by atoms with Gasteiger partial charge in [0.05, 0.1) is 5.02 Å². The van der Waals surface area contributed by atoms with Crippen molar-refractivity contribution in [2.75, 3.05) is 0 Å². The summed E-state index contributed by atoms with van der Waals surface area (Å²) in [6.45, 7) is 0.362. The molecule has 0 fully saturated rings. The molecule has 0 amide bonds. The summed E-state index contributed by atoms with van der Waals surface area (Å²) in [7, 11) is 0. The zero-order valence-corrected chi connectivity index (χ0v) is 13.7. The third-order valence-corrected chi connectivity index (χ3v) is 4.03. The van der Waals surface area contributed by atoms with E-state index in [1.54, 1.807) is 6.07 Å². The first-order valence-corrected chi connectivity index (χ1v) is 7.77. The molecule has 0 spiro atoms. The van der Waals surface area contributed by atoms with Crippen molar-refractivity contribution in [3.8, 4) is 5.75 Å². The standard InChI is InChI=1S/C14H10BrCl3O/c15-7-10-5-11(16)6-13(18)14(10)19-8-9-3-1-2-4-12(9)17/h1-6H,7-8H2. The zero-order chi connectivity index (χ0) is 13.8. The van der Waals surface area contributed by atoms with Crippen molar-refractivity contribution in [3.63, 3.8) is 0 Å². The Hall–Kier alpha value is -0.410. The molecule has 0 bridgehead atoms. The number of hydrogen-bond donors (Lipinski definition) is 0. The second-order valence-electron chi connectivity index (χ2n) is 3.89. The summed E-state index contributed by atoms with van der Waals surface area (Å²) >= 11 is 21.6. The van der Waals surface area contributed by atoms with Gasteiger partial charge in [-0.2, -0.15) is 0 Å². The fraction of sp³-hybridized carbons (Fsp3) is 0.143. The predicted octanol–water partition coefficient (Wildman–Crippen LogP) is 6.12. The van der Waals surface area contributed by atoms with E-state index in [1.165, 1.54) is 0 Å². The summed E-state index contributed by atoms with van der Waals surface area (Å²) in [6.07, 6.45) is 0. The first-order chi connectivity index (χ1) is 9.11. The first-order valence-electron chi connectivity index (χ1n) is 5.52. The zero-order valence-electron chi connectivity index (χ0n) is 9.80. The van der Waals surface area contributed by atoms with Crippen molar-refractivity contribution in [1.29, 1.82) is 0 Å². The lowest BCUT2D eigenvalue weighted by atomic mass is 10.2. The molecule has 0 saturated heterocycles. The molecule has 0 aromatic heterocycles. The SMILES string of the molecule is Clc1cc(Cl)c(OCc2ccccc2Cl)c(CBr)c1. The number of ether oxygens (including phenoxy) is 1. The van der Waals surface area contributed by atoms with Gasteiger partial charge in [-0.15, -0.1) is 0 Å². The maximum Gasteiger partial charge on any atom is 0.142 e. The summed E-state index contributed by atoms with van der Waals surface area (Å²) in [5.74, 6) is 0.628. The summed E-state index contributed by atoms with van der Waals surface area (Å²) < 4.78 is 5.78. The number of alkyl halides is 1. The Morgan fingerprint density at radius 3 is 2.37 bits per heavy atom. The molecule has 5 heteroatoms. The molecule has 0 saturated carbocycles. The fourth-order valence-electron chi connectivity index (χ4n) is 1.64. The van der Waals surface area contributed by atoms with E-state index >= 15 is 0 Å². The molecule has 19 heavy (non-hydrogen) atoms. The number of benzene rings is 2. The summed E-state index contributed by atoms with van der Waals surface area (Å²) in [5, 5.41) is 2.37. The minimum Gasteiger partial charge on any atom is -0.487 e. The van der Waals surface area contributed by atoms with Gasteiger partial charge in [-0.25, -0.2) is 0 Å². The van der Waals surface area contributed by atoms with Gasteiger partial charge in [-0.3, -0.25) is 0 Å².